The van der Waals surface area contributed by atoms with Gasteiger partial charge in [-0.3, -0.25) is 24.0 Å². The molecule has 7 N–H and O–H groups in total. The first kappa shape index (κ1) is 52.0. The molecule has 4 fully saturated rings. The maximum absolute atomic E-state index is 13.8. The molecule has 0 radical (unpaired) electrons. The molecule has 6 rings (SSSR count). The Morgan fingerprint density at radius 1 is 0.800 bits per heavy atom. The first-order valence-corrected chi connectivity index (χ1v) is 24.4. The van der Waals surface area contributed by atoms with E-state index in [1.54, 1.807) is 6.92 Å². The van der Waals surface area contributed by atoms with Crippen molar-refractivity contribution >= 4 is 36.4 Å². The number of benzene rings is 2. The summed E-state index contributed by atoms with van der Waals surface area (Å²) in [6.45, 7) is 16.9. The topological polar surface area (TPSA) is 198 Å². The molecule has 3 saturated carbocycles. The number of aliphatic hydroxyl groups excluding tert-OH is 1. The van der Waals surface area contributed by atoms with E-state index in [1.807, 2.05) is 6.92 Å². The average Bonchev–Trinajstić information content (AvgIpc) is 3.64. The van der Waals surface area contributed by atoms with Crippen molar-refractivity contribution in [3.63, 3.8) is 0 Å². The lowest BCUT2D eigenvalue weighted by atomic mass is 9.43. The molecular formula is C51H78BN5O8. The van der Waals surface area contributed by atoms with E-state index in [1.165, 1.54) is 37.8 Å². The highest BCUT2D eigenvalue weighted by Crippen LogP contribution is 2.66. The van der Waals surface area contributed by atoms with Gasteiger partial charge in [0.05, 0.1) is 23.9 Å². The van der Waals surface area contributed by atoms with E-state index in [0.717, 1.165) is 30.4 Å². The molecule has 0 spiro atoms. The number of nitrogens with two attached hydrogens (primary N) is 1. The van der Waals surface area contributed by atoms with Gasteiger partial charge in [-0.25, -0.2) is 0 Å². The van der Waals surface area contributed by atoms with E-state index < -0.39 is 60.8 Å². The van der Waals surface area contributed by atoms with Gasteiger partial charge in [-0.1, -0.05) is 89.6 Å². The minimum atomic E-state index is -1.31. The molecule has 4 aliphatic rings. The quantitative estimate of drug-likeness (QED) is 0.0442. The van der Waals surface area contributed by atoms with Crippen molar-refractivity contribution in [2.75, 3.05) is 13.1 Å². The van der Waals surface area contributed by atoms with E-state index >= 15 is 0 Å². The van der Waals surface area contributed by atoms with Crippen molar-refractivity contribution in [3.8, 4) is 11.1 Å². The van der Waals surface area contributed by atoms with Crippen LogP contribution in [-0.2, 0) is 46.2 Å². The third-order valence-corrected chi connectivity index (χ3v) is 14.6. The number of hydrogen-bond donors (Lipinski definition) is 6. The summed E-state index contributed by atoms with van der Waals surface area (Å²) in [6, 6.07) is 14.1. The molecule has 3 amide bonds. The molecule has 14 heteroatoms. The van der Waals surface area contributed by atoms with Crippen LogP contribution in [0.25, 0.3) is 11.1 Å². The van der Waals surface area contributed by atoms with Gasteiger partial charge in [0.1, 0.15) is 12.1 Å². The lowest BCUT2D eigenvalue weighted by molar-refractivity contribution is -0.199. The van der Waals surface area contributed by atoms with Crippen molar-refractivity contribution < 1.29 is 38.4 Å². The molecule has 0 aromatic heterocycles. The van der Waals surface area contributed by atoms with Crippen LogP contribution in [0.5, 0.6) is 0 Å². The molecule has 2 bridgehead atoms. The Labute approximate surface area is 388 Å². The summed E-state index contributed by atoms with van der Waals surface area (Å²) < 4.78 is 13.1. The summed E-state index contributed by atoms with van der Waals surface area (Å²) in [5.74, 6) is -2.26. The lowest BCUT2D eigenvalue weighted by Gasteiger charge is -2.64. The molecule has 358 valence electrons. The maximum Gasteiger partial charge on any atom is 0.461 e. The number of rotatable bonds is 27. The number of Topliss-reactive ketones (excluding diaryl/α,β-unsaturated/α-hetero) is 2. The van der Waals surface area contributed by atoms with Gasteiger partial charge in [0.2, 0.25) is 17.7 Å². The molecule has 3 aliphatic carbocycles. The molecule has 2 aromatic carbocycles. The highest BCUT2D eigenvalue weighted by atomic mass is 16.7. The van der Waals surface area contributed by atoms with E-state index in [9.17, 15) is 29.1 Å². The zero-order valence-electron chi connectivity index (χ0n) is 40.4. The van der Waals surface area contributed by atoms with Crippen LogP contribution in [0.15, 0.2) is 48.5 Å². The van der Waals surface area contributed by atoms with Gasteiger partial charge in [0.25, 0.3) is 0 Å². The number of hydrogen-bond acceptors (Lipinski definition) is 10. The van der Waals surface area contributed by atoms with Crippen molar-refractivity contribution in [1.82, 2.24) is 21.3 Å². The van der Waals surface area contributed by atoms with E-state index in [-0.39, 0.29) is 41.6 Å². The van der Waals surface area contributed by atoms with Crippen LogP contribution in [0.1, 0.15) is 137 Å². The van der Waals surface area contributed by atoms with Gasteiger partial charge in [0, 0.05) is 32.2 Å². The Kier molecular flexibility index (Phi) is 19.0. The third-order valence-electron chi connectivity index (χ3n) is 14.6. The molecule has 1 saturated heterocycles. The maximum atomic E-state index is 13.8. The molecule has 1 unspecified atom stereocenters. The highest BCUT2D eigenvalue weighted by molar-refractivity contribution is 6.47. The number of ketones is 2. The largest absolute Gasteiger partial charge is 0.461 e. The van der Waals surface area contributed by atoms with Crippen LogP contribution < -0.4 is 27.0 Å². The van der Waals surface area contributed by atoms with Crippen molar-refractivity contribution in [1.29, 1.82) is 0 Å². The number of aliphatic hydroxyl groups is 1. The van der Waals surface area contributed by atoms with Crippen LogP contribution in [0.3, 0.4) is 0 Å². The summed E-state index contributed by atoms with van der Waals surface area (Å²) in [7, 11) is -0.520. The molecule has 1 aliphatic heterocycles. The summed E-state index contributed by atoms with van der Waals surface area (Å²) in [4.78, 5) is 66.7. The first-order valence-electron chi connectivity index (χ1n) is 24.4. The fourth-order valence-corrected chi connectivity index (χ4v) is 10.3. The zero-order valence-corrected chi connectivity index (χ0v) is 40.4. The van der Waals surface area contributed by atoms with Gasteiger partial charge in [-0.2, -0.15) is 0 Å². The summed E-state index contributed by atoms with van der Waals surface area (Å²) in [5.41, 5.74) is 10.4. The third kappa shape index (κ3) is 13.6. The van der Waals surface area contributed by atoms with Crippen molar-refractivity contribution in [3.05, 3.63) is 59.7 Å². The average molecular weight is 900 g/mol. The number of amides is 3. The lowest BCUT2D eigenvalue weighted by Crippen LogP contribution is -2.65. The van der Waals surface area contributed by atoms with Gasteiger partial charge < -0.3 is 41.4 Å². The first-order chi connectivity index (χ1) is 30.9. The molecule has 2 aromatic rings. The van der Waals surface area contributed by atoms with Gasteiger partial charge in [-0.05, 0) is 130 Å². The van der Waals surface area contributed by atoms with Gasteiger partial charge >= 0.3 is 7.12 Å². The number of carbonyl (C=O) groups excluding carboxylic acids is 5. The Hall–Kier alpha value is -3.95. The minimum Gasteiger partial charge on any atom is -0.405 e. The molecule has 65 heavy (non-hydrogen) atoms. The summed E-state index contributed by atoms with van der Waals surface area (Å²) in [6.07, 6.45) is 6.69. The normalized spacial score (nSPS) is 23.5. The molecule has 10 atom stereocenters. The second-order valence-corrected chi connectivity index (χ2v) is 20.2. The minimum absolute atomic E-state index is 0.00107. The predicted molar refractivity (Wildman–Crippen MR) is 255 cm³/mol. The number of unbranched alkanes of at least 4 members (excludes halogenated alkanes) is 2. The van der Waals surface area contributed by atoms with Crippen LogP contribution in [0, 0.1) is 23.2 Å². The zero-order chi connectivity index (χ0) is 47.5. The van der Waals surface area contributed by atoms with Crippen molar-refractivity contribution in [2.24, 2.45) is 28.9 Å². The van der Waals surface area contributed by atoms with Gasteiger partial charge in [-0.15, -0.1) is 0 Å². The monoisotopic (exact) mass is 900 g/mol. The Bertz CT molecular complexity index is 1910. The Morgan fingerprint density at radius 2 is 1.45 bits per heavy atom. The van der Waals surface area contributed by atoms with Crippen molar-refractivity contribution in [2.45, 2.75) is 181 Å². The SMILES string of the molecule is CCCCc1ccc(-c2ccc(CNCCC[C@H](NC(C)=O)C(=O)N[C@H](C(=O)C[C@@H](C)C(=O)N[C@@H](CCCCN)C(=O)C[C@@H](C)B3OC4C[C@@H]5C[C@@H](C5(C)C)[C@]4(C)O3)[C@@H](C)O)cc2)cc1. The fourth-order valence-electron chi connectivity index (χ4n) is 10.3. The molecule has 13 nitrogen and oxygen atoms in total. The van der Waals surface area contributed by atoms with E-state index in [0.29, 0.717) is 63.6 Å². The number of carbonyl (C=O) groups is 5. The predicted octanol–water partition coefficient (Wildman–Crippen LogP) is 6.22. The number of nitrogens with one attached hydrogen (secondary N) is 4. The van der Waals surface area contributed by atoms with Crippen LogP contribution >= 0.6 is 0 Å². The van der Waals surface area contributed by atoms with E-state index in [2.05, 4.69) is 97.5 Å². The summed E-state index contributed by atoms with van der Waals surface area (Å²) >= 11 is 0. The second kappa shape index (κ2) is 23.7. The Balaban J connectivity index is 1.08. The van der Waals surface area contributed by atoms with Crippen LogP contribution in [0.4, 0.5) is 0 Å². The second-order valence-electron chi connectivity index (χ2n) is 20.2. The smallest absolute Gasteiger partial charge is 0.405 e. The molecular weight excluding hydrogens is 821 g/mol. The van der Waals surface area contributed by atoms with Crippen LogP contribution in [-0.4, -0.2) is 90.5 Å². The number of aryl methyl sites for hydroxylation is 1. The van der Waals surface area contributed by atoms with Gasteiger partial charge in [0.15, 0.2) is 11.6 Å². The standard InChI is InChI=1S/C51H78BN5O8/c1-9-10-14-36-17-21-38(22-18-36)39-23-19-37(20-24-39)31-54-26-13-16-42(55-35(5)59)49(63)57-47(34(4)58)44(61)27-32(2)48(62)56-41(15-11-12-25-53)43(60)28-33(3)52-64-46-30-40-29-45(50(40,6)7)51(46,8)65-52/h17-24,32-34,40-42,45-47,54,58H,9-16,25-31,53H2,1-8H3,(H,55,59)(H,56,62)(H,57,63)/t32-,33-,34-,40+,41+,42+,45+,46?,47+,51+/m1/s1. The highest BCUT2D eigenvalue weighted by Gasteiger charge is 2.68. The fraction of sp³-hybridized carbons (Fsp3) is 0.667. The summed E-state index contributed by atoms with van der Waals surface area (Å²) in [5, 5.41) is 22.3. The molecule has 1 heterocycles. The van der Waals surface area contributed by atoms with E-state index in [4.69, 9.17) is 15.0 Å². The van der Waals surface area contributed by atoms with Crippen LogP contribution in [0.2, 0.25) is 5.82 Å². The Morgan fingerprint density at radius 3 is 2.05 bits per heavy atom.